The maximum absolute atomic E-state index is 12.4. The van der Waals surface area contributed by atoms with Gasteiger partial charge in [0.05, 0.1) is 48.3 Å². The number of carbonyl (C=O) groups is 1. The topological polar surface area (TPSA) is 101 Å². The van der Waals surface area contributed by atoms with Crippen molar-refractivity contribution in [3.05, 3.63) is 39.1 Å². The van der Waals surface area contributed by atoms with Crippen molar-refractivity contribution < 1.29 is 19.0 Å². The third kappa shape index (κ3) is 3.66. The molecule has 1 aliphatic carbocycles. The number of allylic oxidation sites excluding steroid dienone is 2. The fourth-order valence-corrected chi connectivity index (χ4v) is 5.75. The molecule has 0 atom stereocenters. The summed E-state index contributed by atoms with van der Waals surface area (Å²) in [5.74, 6) is 0. The molecule has 0 radical (unpaired) electrons. The van der Waals surface area contributed by atoms with Crippen molar-refractivity contribution in [2.75, 3.05) is 50.9 Å². The van der Waals surface area contributed by atoms with E-state index in [4.69, 9.17) is 19.2 Å². The zero-order valence-corrected chi connectivity index (χ0v) is 18.9. The lowest BCUT2D eigenvalue weighted by Crippen LogP contribution is -2.51. The summed E-state index contributed by atoms with van der Waals surface area (Å²) in [7, 11) is 0. The van der Waals surface area contributed by atoms with Gasteiger partial charge in [0, 0.05) is 62.0 Å². The second kappa shape index (κ2) is 8.41. The molecule has 2 fully saturated rings. The van der Waals surface area contributed by atoms with Gasteiger partial charge >= 0.3 is 6.09 Å². The average molecular weight is 466 g/mol. The highest BCUT2D eigenvalue weighted by molar-refractivity contribution is 7.13. The van der Waals surface area contributed by atoms with Crippen LogP contribution in [0.4, 0.5) is 10.5 Å². The van der Waals surface area contributed by atoms with Crippen LogP contribution in [-0.4, -0.2) is 73.1 Å². The van der Waals surface area contributed by atoms with Crippen molar-refractivity contribution in [2.45, 2.75) is 25.6 Å². The first-order chi connectivity index (χ1) is 16.2. The molecule has 0 aromatic carbocycles. The Balaban J connectivity index is 1.24. The molecule has 33 heavy (non-hydrogen) atoms. The molecule has 1 amide bonds. The van der Waals surface area contributed by atoms with Crippen molar-refractivity contribution in [3.8, 4) is 6.07 Å². The van der Waals surface area contributed by atoms with E-state index in [1.165, 1.54) is 0 Å². The first kappa shape index (κ1) is 20.6. The smallest absolute Gasteiger partial charge is 0.410 e. The lowest BCUT2D eigenvalue weighted by Gasteiger charge is -2.37. The highest BCUT2D eigenvalue weighted by Gasteiger charge is 2.33. The second-order valence-electron chi connectivity index (χ2n) is 8.50. The van der Waals surface area contributed by atoms with E-state index in [1.54, 1.807) is 16.2 Å². The van der Waals surface area contributed by atoms with E-state index in [0.29, 0.717) is 64.6 Å². The number of amides is 1. The van der Waals surface area contributed by atoms with Gasteiger partial charge in [-0.15, -0.1) is 11.3 Å². The summed E-state index contributed by atoms with van der Waals surface area (Å²) in [6, 6.07) is 4.41. The summed E-state index contributed by atoms with van der Waals surface area (Å²) >= 11 is 1.63. The van der Waals surface area contributed by atoms with Gasteiger partial charge in [-0.3, -0.25) is 4.98 Å². The molecule has 170 valence electrons. The minimum atomic E-state index is -0.278. The quantitative estimate of drug-likeness (QED) is 0.681. The van der Waals surface area contributed by atoms with Crippen LogP contribution in [0.3, 0.4) is 0 Å². The van der Waals surface area contributed by atoms with Crippen LogP contribution < -0.4 is 4.90 Å². The number of piperazine rings is 1. The van der Waals surface area contributed by atoms with Crippen molar-refractivity contribution in [1.29, 1.82) is 5.26 Å². The third-order valence-corrected chi connectivity index (χ3v) is 7.65. The first-order valence-corrected chi connectivity index (χ1v) is 12.0. The van der Waals surface area contributed by atoms with Crippen molar-refractivity contribution in [2.24, 2.45) is 0 Å². The van der Waals surface area contributed by atoms with Crippen LogP contribution in [0.25, 0.3) is 11.1 Å². The average Bonchev–Trinajstić information content (AvgIpc) is 3.42. The number of anilines is 1. The monoisotopic (exact) mass is 465 g/mol. The van der Waals surface area contributed by atoms with Gasteiger partial charge in [-0.1, -0.05) is 0 Å². The molecule has 9 nitrogen and oxygen atoms in total. The van der Waals surface area contributed by atoms with Gasteiger partial charge in [0.25, 0.3) is 0 Å². The number of ether oxygens (including phenoxy) is 3. The first-order valence-electron chi connectivity index (χ1n) is 11.2. The zero-order valence-electron chi connectivity index (χ0n) is 18.1. The number of nitrogens with zero attached hydrogens (tertiary/aromatic N) is 5. The fourth-order valence-electron chi connectivity index (χ4n) is 4.66. The largest absolute Gasteiger partial charge is 0.441 e. The van der Waals surface area contributed by atoms with Crippen molar-refractivity contribution in [3.63, 3.8) is 0 Å². The molecular formula is C23H23N5O4S. The van der Waals surface area contributed by atoms with E-state index < -0.39 is 0 Å². The summed E-state index contributed by atoms with van der Waals surface area (Å²) in [5.41, 5.74) is 5.52. The van der Waals surface area contributed by atoms with Gasteiger partial charge < -0.3 is 24.0 Å². The lowest BCUT2D eigenvalue weighted by atomic mass is 10.1. The van der Waals surface area contributed by atoms with Crippen molar-refractivity contribution in [1.82, 2.24) is 14.9 Å². The Kier molecular flexibility index (Phi) is 5.25. The highest BCUT2D eigenvalue weighted by atomic mass is 32.1. The normalized spacial score (nSPS) is 20.2. The van der Waals surface area contributed by atoms with Gasteiger partial charge in [-0.25, -0.2) is 9.78 Å². The zero-order chi connectivity index (χ0) is 22.4. The Morgan fingerprint density at radius 3 is 2.79 bits per heavy atom. The number of pyridine rings is 1. The van der Waals surface area contributed by atoms with Crippen LogP contribution in [0, 0.1) is 11.3 Å². The van der Waals surface area contributed by atoms with Gasteiger partial charge in [-0.05, 0) is 6.07 Å². The van der Waals surface area contributed by atoms with Crippen LogP contribution in [0.5, 0.6) is 0 Å². The maximum atomic E-state index is 12.4. The van der Waals surface area contributed by atoms with Crippen LogP contribution >= 0.6 is 11.3 Å². The molecule has 5 heterocycles. The molecule has 2 saturated heterocycles. The summed E-state index contributed by atoms with van der Waals surface area (Å²) < 4.78 is 16.1. The molecule has 0 spiro atoms. The number of hydrogen-bond donors (Lipinski definition) is 0. The van der Waals surface area contributed by atoms with E-state index in [2.05, 4.69) is 16.0 Å². The SMILES string of the molecule is N#CC1=C(c2nc3c(s2)COCC3)Cc2nccc(N3CCN(C(=O)OC4COC4)CC3)c21. The Hall–Kier alpha value is -3.00. The summed E-state index contributed by atoms with van der Waals surface area (Å²) in [5, 5.41) is 11.0. The highest BCUT2D eigenvalue weighted by Crippen LogP contribution is 2.43. The molecular weight excluding hydrogens is 442 g/mol. The minimum Gasteiger partial charge on any atom is -0.441 e. The molecule has 10 heteroatoms. The van der Waals surface area contributed by atoms with Gasteiger partial charge in [0.15, 0.2) is 6.10 Å². The molecule has 2 aromatic rings. The Labute approximate surface area is 195 Å². The number of carbonyl (C=O) groups excluding carboxylic acids is 1. The number of fused-ring (bicyclic) bond motifs is 2. The predicted octanol–water partition coefficient (Wildman–Crippen LogP) is 2.26. The van der Waals surface area contributed by atoms with E-state index in [0.717, 1.165) is 44.5 Å². The predicted molar refractivity (Wildman–Crippen MR) is 121 cm³/mol. The number of nitriles is 1. The molecule has 3 aliphatic heterocycles. The molecule has 0 N–H and O–H groups in total. The van der Waals surface area contributed by atoms with Crippen molar-refractivity contribution >= 4 is 34.3 Å². The Morgan fingerprint density at radius 1 is 1.21 bits per heavy atom. The standard InChI is InChI=1S/C23H23N5O4S/c24-10-16-15(22-26-17-2-8-30-13-20(17)33-22)9-18-21(16)19(1-3-25-18)27-4-6-28(7-5-27)23(29)32-14-11-31-12-14/h1,3,14H,2,4-9,11-13H2. The van der Waals surface area contributed by atoms with E-state index in [-0.39, 0.29) is 12.2 Å². The molecule has 0 unspecified atom stereocenters. The maximum Gasteiger partial charge on any atom is 0.410 e. The van der Waals surface area contributed by atoms with Crippen LogP contribution in [0.2, 0.25) is 0 Å². The lowest BCUT2D eigenvalue weighted by molar-refractivity contribution is -0.104. The van der Waals surface area contributed by atoms with Crippen LogP contribution in [0.1, 0.15) is 26.8 Å². The molecule has 4 aliphatic rings. The number of aromatic nitrogens is 2. The van der Waals surface area contributed by atoms with Gasteiger partial charge in [0.1, 0.15) is 11.1 Å². The Morgan fingerprint density at radius 2 is 2.06 bits per heavy atom. The molecule has 0 saturated carbocycles. The van der Waals surface area contributed by atoms with E-state index in [9.17, 15) is 10.1 Å². The summed E-state index contributed by atoms with van der Waals surface area (Å²) in [6.45, 7) is 4.74. The fraction of sp³-hybridized carbons (Fsp3) is 0.478. The molecule has 0 bridgehead atoms. The minimum absolute atomic E-state index is 0.121. The van der Waals surface area contributed by atoms with E-state index in [1.807, 2.05) is 12.3 Å². The number of thiazole rings is 1. The van der Waals surface area contributed by atoms with Crippen LogP contribution in [0.15, 0.2) is 12.3 Å². The molecule has 6 rings (SSSR count). The summed E-state index contributed by atoms with van der Waals surface area (Å²) in [4.78, 5) is 26.9. The van der Waals surface area contributed by atoms with Gasteiger partial charge in [-0.2, -0.15) is 5.26 Å². The second-order valence-corrected chi connectivity index (χ2v) is 9.59. The van der Waals surface area contributed by atoms with Crippen LogP contribution in [-0.2, 0) is 33.7 Å². The summed E-state index contributed by atoms with van der Waals surface area (Å²) in [6.07, 6.45) is 2.83. The van der Waals surface area contributed by atoms with Gasteiger partial charge in [0.2, 0.25) is 0 Å². The molecule has 2 aromatic heterocycles. The third-order valence-electron chi connectivity index (χ3n) is 6.52. The number of rotatable bonds is 3. The number of hydrogen-bond acceptors (Lipinski definition) is 9. The van der Waals surface area contributed by atoms with E-state index >= 15 is 0 Å². The Bertz CT molecular complexity index is 1150.